The molecule has 0 saturated carbocycles. The third kappa shape index (κ3) is 4.34. The number of hydrogen-bond donors (Lipinski definition) is 1. The molecule has 2 rings (SSSR count). The fraction of sp³-hybridized carbons (Fsp3) is 0.562. The van der Waals surface area contributed by atoms with Crippen molar-refractivity contribution in [2.75, 3.05) is 31.5 Å². The molecule has 2 nitrogen and oxygen atoms in total. The van der Waals surface area contributed by atoms with Crippen LogP contribution in [-0.2, 0) is 6.42 Å². The molecule has 1 aromatic carbocycles. The first kappa shape index (κ1) is 13.4. The van der Waals surface area contributed by atoms with Crippen molar-refractivity contribution in [2.45, 2.75) is 33.1 Å². The summed E-state index contributed by atoms with van der Waals surface area (Å²) in [6.45, 7) is 9.17. The lowest BCUT2D eigenvalue weighted by Gasteiger charge is -2.15. The maximum atomic E-state index is 3.53. The second-order valence-corrected chi connectivity index (χ2v) is 5.56. The van der Waals surface area contributed by atoms with Crippen molar-refractivity contribution < 1.29 is 0 Å². The second kappa shape index (κ2) is 6.79. The molecule has 1 N–H and O–H groups in total. The minimum Gasteiger partial charge on any atom is -0.384 e. The van der Waals surface area contributed by atoms with Crippen LogP contribution in [0.3, 0.4) is 0 Å². The molecule has 1 aromatic rings. The first-order valence-electron chi connectivity index (χ1n) is 7.08. The molecule has 1 aliphatic heterocycles. The highest BCUT2D eigenvalue weighted by atomic mass is 15.1. The van der Waals surface area contributed by atoms with Gasteiger partial charge in [0.2, 0.25) is 0 Å². The van der Waals surface area contributed by atoms with Crippen molar-refractivity contribution in [1.82, 2.24) is 4.90 Å². The van der Waals surface area contributed by atoms with Crippen LogP contribution in [0.1, 0.15) is 32.3 Å². The summed E-state index contributed by atoms with van der Waals surface area (Å²) in [5.41, 5.74) is 2.66. The fourth-order valence-electron chi connectivity index (χ4n) is 2.56. The highest BCUT2D eigenvalue weighted by molar-refractivity contribution is 5.46. The lowest BCUT2D eigenvalue weighted by atomic mass is 10.0. The van der Waals surface area contributed by atoms with Gasteiger partial charge in [0.05, 0.1) is 0 Å². The summed E-state index contributed by atoms with van der Waals surface area (Å²) in [7, 11) is 0. The average Bonchev–Trinajstić information content (AvgIpc) is 2.82. The van der Waals surface area contributed by atoms with Crippen LogP contribution in [0.15, 0.2) is 24.3 Å². The van der Waals surface area contributed by atoms with Crippen LogP contribution in [0.5, 0.6) is 0 Å². The topological polar surface area (TPSA) is 15.3 Å². The standard InChI is InChI=1S/C16H25N2/c1-14(2)12-15-6-5-7-16(13-15)17-8-11-18-9-3-4-10-18/h5-7,13,17H,3-4,8-12H2,1-2H3. The lowest BCUT2D eigenvalue weighted by molar-refractivity contribution is 0.352. The number of rotatable bonds is 6. The Morgan fingerprint density at radius 3 is 2.72 bits per heavy atom. The minimum absolute atomic E-state index is 1.05. The number of likely N-dealkylation sites (tertiary alicyclic amines) is 1. The van der Waals surface area contributed by atoms with Gasteiger partial charge in [-0.3, -0.25) is 0 Å². The van der Waals surface area contributed by atoms with E-state index in [0.717, 1.165) is 13.0 Å². The maximum absolute atomic E-state index is 3.53. The van der Waals surface area contributed by atoms with E-state index < -0.39 is 0 Å². The minimum atomic E-state index is 1.05. The zero-order valence-electron chi connectivity index (χ0n) is 11.7. The van der Waals surface area contributed by atoms with Crippen LogP contribution in [0, 0.1) is 5.92 Å². The Morgan fingerprint density at radius 1 is 1.22 bits per heavy atom. The van der Waals surface area contributed by atoms with E-state index in [2.05, 4.69) is 48.3 Å². The van der Waals surface area contributed by atoms with E-state index in [1.165, 1.54) is 49.6 Å². The number of anilines is 1. The summed E-state index contributed by atoms with van der Waals surface area (Å²) < 4.78 is 0. The van der Waals surface area contributed by atoms with Crippen LogP contribution in [-0.4, -0.2) is 31.1 Å². The maximum Gasteiger partial charge on any atom is 0.0343 e. The second-order valence-electron chi connectivity index (χ2n) is 5.56. The third-order valence-corrected chi connectivity index (χ3v) is 3.44. The molecule has 0 aromatic heterocycles. The molecule has 1 saturated heterocycles. The van der Waals surface area contributed by atoms with Crippen LogP contribution in [0.4, 0.5) is 5.69 Å². The molecule has 2 heteroatoms. The Labute approximate surface area is 111 Å². The van der Waals surface area contributed by atoms with Gasteiger partial charge in [-0.05, 0) is 56.0 Å². The Kier molecular flexibility index (Phi) is 5.06. The molecule has 0 bridgehead atoms. The fourth-order valence-corrected chi connectivity index (χ4v) is 2.56. The zero-order chi connectivity index (χ0) is 12.8. The summed E-state index contributed by atoms with van der Waals surface area (Å²) in [5, 5.41) is 3.53. The van der Waals surface area contributed by atoms with Gasteiger partial charge in [-0.25, -0.2) is 0 Å². The zero-order valence-corrected chi connectivity index (χ0v) is 11.7. The molecule has 1 aliphatic rings. The Hall–Kier alpha value is -1.02. The smallest absolute Gasteiger partial charge is 0.0343 e. The van der Waals surface area contributed by atoms with Crippen LogP contribution < -0.4 is 5.32 Å². The first-order valence-corrected chi connectivity index (χ1v) is 7.08. The number of nitrogens with zero attached hydrogens (tertiary/aromatic N) is 1. The molecule has 1 radical (unpaired) electrons. The summed E-state index contributed by atoms with van der Waals surface area (Å²) in [6.07, 6.45) is 3.84. The predicted octanol–water partition coefficient (Wildman–Crippen LogP) is 3.35. The molecule has 99 valence electrons. The SMILES string of the molecule is C[C](C)Cc1cccc(NCCN2CCCC2)c1. The van der Waals surface area contributed by atoms with Gasteiger partial charge in [0.25, 0.3) is 0 Å². The molecule has 0 atom stereocenters. The summed E-state index contributed by atoms with van der Waals surface area (Å²) in [5.74, 6) is 1.46. The molecule has 0 unspecified atom stereocenters. The number of benzene rings is 1. The third-order valence-electron chi connectivity index (χ3n) is 3.44. The average molecular weight is 245 g/mol. The van der Waals surface area contributed by atoms with Gasteiger partial charge in [-0.2, -0.15) is 0 Å². The molecule has 1 fully saturated rings. The molecular formula is C16H25N2. The van der Waals surface area contributed by atoms with Gasteiger partial charge in [-0.15, -0.1) is 0 Å². The molecule has 0 spiro atoms. The van der Waals surface area contributed by atoms with E-state index >= 15 is 0 Å². The normalized spacial score (nSPS) is 16.4. The monoisotopic (exact) mass is 245 g/mol. The largest absolute Gasteiger partial charge is 0.384 e. The van der Waals surface area contributed by atoms with E-state index in [1.807, 2.05) is 0 Å². The van der Waals surface area contributed by atoms with E-state index in [0.29, 0.717) is 0 Å². The molecule has 1 heterocycles. The van der Waals surface area contributed by atoms with Crippen molar-refractivity contribution >= 4 is 5.69 Å². The summed E-state index contributed by atoms with van der Waals surface area (Å²) >= 11 is 0. The first-order chi connectivity index (χ1) is 8.74. The van der Waals surface area contributed by atoms with Crippen molar-refractivity contribution in [2.24, 2.45) is 0 Å². The van der Waals surface area contributed by atoms with Gasteiger partial charge in [0.15, 0.2) is 0 Å². The van der Waals surface area contributed by atoms with Crippen molar-refractivity contribution in [3.05, 3.63) is 35.7 Å². The highest BCUT2D eigenvalue weighted by Gasteiger charge is 2.10. The highest BCUT2D eigenvalue weighted by Crippen LogP contribution is 2.15. The van der Waals surface area contributed by atoms with Crippen LogP contribution in [0.2, 0.25) is 0 Å². The van der Waals surface area contributed by atoms with Crippen LogP contribution in [0.25, 0.3) is 0 Å². The summed E-state index contributed by atoms with van der Waals surface area (Å²) in [4.78, 5) is 2.54. The van der Waals surface area contributed by atoms with Crippen LogP contribution >= 0.6 is 0 Å². The van der Waals surface area contributed by atoms with Gasteiger partial charge in [0.1, 0.15) is 0 Å². The Morgan fingerprint density at radius 2 is 2.00 bits per heavy atom. The quantitative estimate of drug-likeness (QED) is 0.827. The molecular weight excluding hydrogens is 220 g/mol. The Balaban J connectivity index is 1.77. The van der Waals surface area contributed by atoms with Crippen molar-refractivity contribution in [3.8, 4) is 0 Å². The van der Waals surface area contributed by atoms with Crippen molar-refractivity contribution in [1.29, 1.82) is 0 Å². The Bertz CT molecular complexity index is 354. The molecule has 0 amide bonds. The molecule has 0 aliphatic carbocycles. The van der Waals surface area contributed by atoms with Gasteiger partial charge in [-0.1, -0.05) is 26.0 Å². The predicted molar refractivity (Wildman–Crippen MR) is 78.9 cm³/mol. The van der Waals surface area contributed by atoms with E-state index in [4.69, 9.17) is 0 Å². The van der Waals surface area contributed by atoms with E-state index in [-0.39, 0.29) is 0 Å². The van der Waals surface area contributed by atoms with E-state index in [9.17, 15) is 0 Å². The number of nitrogens with one attached hydrogen (secondary N) is 1. The van der Waals surface area contributed by atoms with E-state index in [1.54, 1.807) is 0 Å². The van der Waals surface area contributed by atoms with Gasteiger partial charge >= 0.3 is 0 Å². The number of hydrogen-bond acceptors (Lipinski definition) is 2. The summed E-state index contributed by atoms with van der Waals surface area (Å²) in [6, 6.07) is 8.80. The van der Waals surface area contributed by atoms with Crippen molar-refractivity contribution in [3.63, 3.8) is 0 Å². The molecule has 18 heavy (non-hydrogen) atoms. The van der Waals surface area contributed by atoms with Gasteiger partial charge in [0, 0.05) is 18.8 Å². The lowest BCUT2D eigenvalue weighted by Crippen LogP contribution is -2.25. The van der Waals surface area contributed by atoms with Gasteiger partial charge < -0.3 is 10.2 Å².